The molecule has 1 aromatic rings. The Labute approximate surface area is 146 Å². The zero-order valence-electron chi connectivity index (χ0n) is 14.7. The van der Waals surface area contributed by atoms with Crippen molar-refractivity contribution in [2.24, 2.45) is 0 Å². The molecule has 7 heteroatoms. The van der Waals surface area contributed by atoms with Gasteiger partial charge in [0.2, 0.25) is 0 Å². The minimum Gasteiger partial charge on any atom is -0.484 e. The van der Waals surface area contributed by atoms with Crippen LogP contribution in [0.15, 0.2) is 29.5 Å². The summed E-state index contributed by atoms with van der Waals surface area (Å²) in [5.74, 6) is 0.288. The van der Waals surface area contributed by atoms with Gasteiger partial charge in [0.15, 0.2) is 0 Å². The summed E-state index contributed by atoms with van der Waals surface area (Å²) in [6, 6.07) is 4.58. The van der Waals surface area contributed by atoms with Crippen LogP contribution in [0.25, 0.3) is 0 Å². The Bertz CT molecular complexity index is 754. The first-order chi connectivity index (χ1) is 11.8. The number of rotatable bonds is 4. The van der Waals surface area contributed by atoms with Gasteiger partial charge in [-0.15, -0.1) is 0 Å². The molecular formula is C18H22N2O5. The summed E-state index contributed by atoms with van der Waals surface area (Å²) in [5.41, 5.74) is 1.71. The van der Waals surface area contributed by atoms with Crippen LogP contribution in [0.5, 0.6) is 5.75 Å². The van der Waals surface area contributed by atoms with Gasteiger partial charge in [-0.05, 0) is 46.1 Å². The third-order valence-corrected chi connectivity index (χ3v) is 4.41. The molecule has 0 saturated heterocycles. The van der Waals surface area contributed by atoms with Crippen LogP contribution in [-0.2, 0) is 9.53 Å². The molecule has 2 aliphatic rings. The third-order valence-electron chi connectivity index (χ3n) is 4.41. The second kappa shape index (κ2) is 6.38. The Balaban J connectivity index is 2.09. The SMILES string of the molecule is CCOC(=O)C1=C(N2CC(C)(C)Oc3ccc([N+](=O)[O-])cc32)CCC1. The number of anilines is 1. The molecule has 0 N–H and O–H groups in total. The molecule has 0 radical (unpaired) electrons. The van der Waals surface area contributed by atoms with E-state index >= 15 is 0 Å². The highest BCUT2D eigenvalue weighted by atomic mass is 16.6. The Morgan fingerprint density at radius 1 is 1.40 bits per heavy atom. The molecule has 0 saturated carbocycles. The number of allylic oxidation sites excluding steroid dienone is 1. The van der Waals surface area contributed by atoms with E-state index in [4.69, 9.17) is 9.47 Å². The Morgan fingerprint density at radius 2 is 2.16 bits per heavy atom. The molecule has 0 atom stereocenters. The van der Waals surface area contributed by atoms with Crippen LogP contribution in [0.3, 0.4) is 0 Å². The van der Waals surface area contributed by atoms with E-state index in [9.17, 15) is 14.9 Å². The van der Waals surface area contributed by atoms with Gasteiger partial charge < -0.3 is 14.4 Å². The van der Waals surface area contributed by atoms with Crippen LogP contribution in [0.2, 0.25) is 0 Å². The molecule has 0 fully saturated rings. The molecule has 1 aliphatic carbocycles. The van der Waals surface area contributed by atoms with E-state index in [2.05, 4.69) is 0 Å². The number of esters is 1. The monoisotopic (exact) mass is 346 g/mol. The summed E-state index contributed by atoms with van der Waals surface area (Å²) in [6.45, 7) is 6.54. The quantitative estimate of drug-likeness (QED) is 0.471. The third kappa shape index (κ3) is 3.31. The van der Waals surface area contributed by atoms with Gasteiger partial charge >= 0.3 is 5.97 Å². The lowest BCUT2D eigenvalue weighted by atomic mass is 10.0. The van der Waals surface area contributed by atoms with Gasteiger partial charge in [0, 0.05) is 17.8 Å². The van der Waals surface area contributed by atoms with Gasteiger partial charge in [-0.25, -0.2) is 4.79 Å². The van der Waals surface area contributed by atoms with Crippen molar-refractivity contribution >= 4 is 17.3 Å². The lowest BCUT2D eigenvalue weighted by Gasteiger charge is -2.41. The highest BCUT2D eigenvalue weighted by Gasteiger charge is 2.37. The molecule has 0 spiro atoms. The van der Waals surface area contributed by atoms with Crippen molar-refractivity contribution in [1.82, 2.24) is 0 Å². The van der Waals surface area contributed by atoms with E-state index in [0.29, 0.717) is 36.6 Å². The molecule has 3 rings (SSSR count). The van der Waals surface area contributed by atoms with Gasteiger partial charge in [-0.1, -0.05) is 0 Å². The normalized spacial score (nSPS) is 18.6. The number of hydrogen-bond acceptors (Lipinski definition) is 6. The Hall–Kier alpha value is -2.57. The molecular weight excluding hydrogens is 324 g/mol. The maximum absolute atomic E-state index is 12.3. The smallest absolute Gasteiger partial charge is 0.335 e. The second-order valence-electron chi connectivity index (χ2n) is 6.86. The zero-order chi connectivity index (χ0) is 18.2. The first-order valence-corrected chi connectivity index (χ1v) is 8.46. The first-order valence-electron chi connectivity index (χ1n) is 8.46. The largest absolute Gasteiger partial charge is 0.484 e. The number of benzene rings is 1. The predicted molar refractivity (Wildman–Crippen MR) is 92.7 cm³/mol. The number of ether oxygens (including phenoxy) is 2. The number of nitro benzene ring substituents is 1. The number of carbonyl (C=O) groups excluding carboxylic acids is 1. The molecule has 1 aromatic carbocycles. The number of nitro groups is 1. The Morgan fingerprint density at radius 3 is 2.84 bits per heavy atom. The van der Waals surface area contributed by atoms with Gasteiger partial charge in [-0.2, -0.15) is 0 Å². The van der Waals surface area contributed by atoms with Gasteiger partial charge in [-0.3, -0.25) is 10.1 Å². The van der Waals surface area contributed by atoms with Crippen molar-refractivity contribution in [3.05, 3.63) is 39.6 Å². The fourth-order valence-corrected chi connectivity index (χ4v) is 3.42. The van der Waals surface area contributed by atoms with Gasteiger partial charge in [0.05, 0.1) is 29.3 Å². The maximum atomic E-state index is 12.3. The molecule has 0 bridgehead atoms. The Kier molecular flexibility index (Phi) is 4.41. The summed E-state index contributed by atoms with van der Waals surface area (Å²) < 4.78 is 11.2. The minimum absolute atomic E-state index is 0.00309. The van der Waals surface area contributed by atoms with E-state index in [1.807, 2.05) is 18.7 Å². The van der Waals surface area contributed by atoms with Crippen molar-refractivity contribution in [3.63, 3.8) is 0 Å². The minimum atomic E-state index is -0.474. The zero-order valence-corrected chi connectivity index (χ0v) is 14.7. The fourth-order valence-electron chi connectivity index (χ4n) is 3.42. The number of nitrogens with zero attached hydrogens (tertiary/aromatic N) is 2. The standard InChI is InChI=1S/C18H22N2O5/c1-4-24-17(21)13-6-5-7-14(13)19-11-18(2,3)25-16-9-8-12(20(22)23)10-15(16)19/h8-10H,4-7,11H2,1-3H3. The molecule has 7 nitrogen and oxygen atoms in total. The number of fused-ring (bicyclic) bond motifs is 1. The molecule has 134 valence electrons. The average Bonchev–Trinajstić information content (AvgIpc) is 3.02. The summed E-state index contributed by atoms with van der Waals surface area (Å²) in [4.78, 5) is 25.0. The van der Waals surface area contributed by atoms with E-state index in [-0.39, 0.29) is 11.7 Å². The lowest BCUT2D eigenvalue weighted by Crippen LogP contribution is -2.46. The van der Waals surface area contributed by atoms with Crippen molar-refractivity contribution in [3.8, 4) is 5.75 Å². The predicted octanol–water partition coefficient (Wildman–Crippen LogP) is 3.57. The number of hydrogen-bond donors (Lipinski definition) is 0. The van der Waals surface area contributed by atoms with E-state index in [1.54, 1.807) is 13.0 Å². The molecule has 1 heterocycles. The molecule has 0 amide bonds. The van der Waals surface area contributed by atoms with Crippen LogP contribution >= 0.6 is 0 Å². The summed E-state index contributed by atoms with van der Waals surface area (Å²) >= 11 is 0. The lowest BCUT2D eigenvalue weighted by molar-refractivity contribution is -0.384. The molecule has 0 aromatic heterocycles. The van der Waals surface area contributed by atoms with Gasteiger partial charge in [0.25, 0.3) is 5.69 Å². The van der Waals surface area contributed by atoms with E-state index < -0.39 is 10.5 Å². The molecule has 1 aliphatic heterocycles. The van der Waals surface area contributed by atoms with Crippen LogP contribution in [0.4, 0.5) is 11.4 Å². The van der Waals surface area contributed by atoms with Crippen molar-refractivity contribution < 1.29 is 19.2 Å². The number of carbonyl (C=O) groups is 1. The number of non-ortho nitro benzene ring substituents is 1. The van der Waals surface area contributed by atoms with Crippen LogP contribution in [-0.4, -0.2) is 29.6 Å². The molecule has 0 unspecified atom stereocenters. The van der Waals surface area contributed by atoms with E-state index in [0.717, 1.165) is 18.5 Å². The highest BCUT2D eigenvalue weighted by Crippen LogP contribution is 2.44. The van der Waals surface area contributed by atoms with Crippen molar-refractivity contribution in [1.29, 1.82) is 0 Å². The average molecular weight is 346 g/mol. The second-order valence-corrected chi connectivity index (χ2v) is 6.86. The first kappa shape index (κ1) is 17.3. The van der Waals surface area contributed by atoms with E-state index in [1.165, 1.54) is 12.1 Å². The summed E-state index contributed by atoms with van der Waals surface area (Å²) in [6.07, 6.45) is 2.27. The summed E-state index contributed by atoms with van der Waals surface area (Å²) in [5, 5.41) is 11.2. The van der Waals surface area contributed by atoms with Crippen LogP contribution < -0.4 is 9.64 Å². The fraction of sp³-hybridized carbons (Fsp3) is 0.500. The van der Waals surface area contributed by atoms with Crippen LogP contribution in [0.1, 0.15) is 40.0 Å². The van der Waals surface area contributed by atoms with Crippen molar-refractivity contribution in [2.75, 3.05) is 18.1 Å². The van der Waals surface area contributed by atoms with Gasteiger partial charge in [0.1, 0.15) is 11.4 Å². The van der Waals surface area contributed by atoms with Crippen molar-refractivity contribution in [2.45, 2.75) is 45.6 Å². The highest BCUT2D eigenvalue weighted by molar-refractivity contribution is 5.91. The topological polar surface area (TPSA) is 81.9 Å². The van der Waals surface area contributed by atoms with Crippen LogP contribution in [0, 0.1) is 10.1 Å². The molecule has 25 heavy (non-hydrogen) atoms. The maximum Gasteiger partial charge on any atom is 0.335 e. The summed E-state index contributed by atoms with van der Waals surface area (Å²) in [7, 11) is 0.